The minimum absolute atomic E-state index is 0.242. The van der Waals surface area contributed by atoms with Gasteiger partial charge in [-0.1, -0.05) is 6.07 Å². The van der Waals surface area contributed by atoms with E-state index in [2.05, 4.69) is 30.7 Å². The van der Waals surface area contributed by atoms with Gasteiger partial charge in [0.1, 0.15) is 12.7 Å². The summed E-state index contributed by atoms with van der Waals surface area (Å²) in [4.78, 5) is 25.6. The normalized spacial score (nSPS) is 10.6. The minimum atomic E-state index is -0.242. The number of aromatic nitrogens is 5. The Kier molecular flexibility index (Phi) is 4.80. The van der Waals surface area contributed by atoms with E-state index in [1.54, 1.807) is 28.5 Å². The second kappa shape index (κ2) is 7.18. The Labute approximate surface area is 143 Å². The molecule has 0 fully saturated rings. The maximum Gasteiger partial charge on any atom is 0.315 e. The minimum Gasteiger partial charge on any atom is -0.334 e. The molecular formula is C15H17N7OS. The van der Waals surface area contributed by atoms with Crippen LogP contribution in [0.5, 0.6) is 0 Å². The lowest BCUT2D eigenvalue weighted by Crippen LogP contribution is -2.34. The number of nitrogens with one attached hydrogen (secondary N) is 2. The van der Waals surface area contributed by atoms with E-state index in [1.165, 1.54) is 6.33 Å². The Morgan fingerprint density at radius 1 is 1.29 bits per heavy atom. The predicted octanol–water partition coefficient (Wildman–Crippen LogP) is 1.74. The van der Waals surface area contributed by atoms with Crippen molar-refractivity contribution in [1.29, 1.82) is 0 Å². The Balaban J connectivity index is 1.58. The van der Waals surface area contributed by atoms with Crippen molar-refractivity contribution in [3.63, 3.8) is 0 Å². The highest BCUT2D eigenvalue weighted by atomic mass is 32.1. The van der Waals surface area contributed by atoms with Crippen LogP contribution in [0, 0.1) is 13.8 Å². The first-order valence-corrected chi connectivity index (χ1v) is 8.18. The van der Waals surface area contributed by atoms with Gasteiger partial charge in [0.15, 0.2) is 5.82 Å². The van der Waals surface area contributed by atoms with Crippen molar-refractivity contribution in [2.45, 2.75) is 26.9 Å². The van der Waals surface area contributed by atoms with Gasteiger partial charge in [-0.3, -0.25) is 0 Å². The molecule has 3 heterocycles. The molecule has 124 valence electrons. The Morgan fingerprint density at radius 2 is 2.12 bits per heavy atom. The number of hydrogen-bond acceptors (Lipinski definition) is 6. The van der Waals surface area contributed by atoms with Crippen LogP contribution < -0.4 is 10.6 Å². The summed E-state index contributed by atoms with van der Waals surface area (Å²) < 4.78 is 1.57. The number of pyridine rings is 1. The van der Waals surface area contributed by atoms with Crippen LogP contribution in [0.1, 0.15) is 21.1 Å². The maximum atomic E-state index is 12.0. The van der Waals surface area contributed by atoms with Gasteiger partial charge >= 0.3 is 6.03 Å². The molecule has 0 atom stereocenters. The van der Waals surface area contributed by atoms with E-state index in [0.717, 1.165) is 21.1 Å². The summed E-state index contributed by atoms with van der Waals surface area (Å²) in [6, 6.07) is 3.47. The zero-order chi connectivity index (χ0) is 16.9. The van der Waals surface area contributed by atoms with Gasteiger partial charge in [-0.15, -0.1) is 11.3 Å². The second-order valence-electron chi connectivity index (χ2n) is 5.10. The van der Waals surface area contributed by atoms with Crippen molar-refractivity contribution in [2.24, 2.45) is 0 Å². The van der Waals surface area contributed by atoms with Gasteiger partial charge in [0.2, 0.25) is 0 Å². The van der Waals surface area contributed by atoms with E-state index >= 15 is 0 Å². The molecule has 3 aromatic rings. The highest BCUT2D eigenvalue weighted by Gasteiger charge is 2.09. The lowest BCUT2D eigenvalue weighted by Gasteiger charge is -2.10. The van der Waals surface area contributed by atoms with Gasteiger partial charge in [-0.2, -0.15) is 5.10 Å². The molecule has 3 rings (SSSR count). The molecule has 0 saturated heterocycles. The fourth-order valence-corrected chi connectivity index (χ4v) is 3.11. The van der Waals surface area contributed by atoms with Crippen molar-refractivity contribution in [1.82, 2.24) is 35.4 Å². The van der Waals surface area contributed by atoms with Gasteiger partial charge in [0.05, 0.1) is 17.2 Å². The molecule has 0 radical (unpaired) electrons. The number of rotatable bonds is 5. The first-order chi connectivity index (χ1) is 11.6. The van der Waals surface area contributed by atoms with E-state index in [4.69, 9.17) is 0 Å². The summed E-state index contributed by atoms with van der Waals surface area (Å²) in [5.74, 6) is 0.643. The SMILES string of the molecule is Cc1nc(C)c(CNC(=O)NCc2cccnc2-n2cncn2)s1. The maximum absolute atomic E-state index is 12.0. The largest absolute Gasteiger partial charge is 0.334 e. The highest BCUT2D eigenvalue weighted by molar-refractivity contribution is 7.11. The van der Waals surface area contributed by atoms with Gasteiger partial charge in [-0.05, 0) is 19.9 Å². The highest BCUT2D eigenvalue weighted by Crippen LogP contribution is 2.16. The molecule has 2 amide bonds. The molecule has 9 heteroatoms. The predicted molar refractivity (Wildman–Crippen MR) is 89.8 cm³/mol. The molecule has 0 unspecified atom stereocenters. The monoisotopic (exact) mass is 343 g/mol. The molecule has 0 aliphatic heterocycles. The van der Waals surface area contributed by atoms with Gasteiger partial charge in [0, 0.05) is 23.2 Å². The number of nitrogens with zero attached hydrogens (tertiary/aromatic N) is 5. The molecule has 0 aliphatic rings. The number of urea groups is 1. The average molecular weight is 343 g/mol. The molecule has 2 N–H and O–H groups in total. The van der Waals surface area contributed by atoms with Crippen LogP contribution in [0.2, 0.25) is 0 Å². The summed E-state index contributed by atoms with van der Waals surface area (Å²) in [7, 11) is 0. The van der Waals surface area contributed by atoms with Crippen molar-refractivity contribution in [3.8, 4) is 5.82 Å². The van der Waals surface area contributed by atoms with E-state index in [0.29, 0.717) is 18.9 Å². The third-order valence-corrected chi connectivity index (χ3v) is 4.42. The van der Waals surface area contributed by atoms with Crippen molar-refractivity contribution < 1.29 is 4.79 Å². The summed E-state index contributed by atoms with van der Waals surface area (Å²) >= 11 is 1.59. The summed E-state index contributed by atoms with van der Waals surface area (Å²) in [6.45, 7) is 4.70. The van der Waals surface area contributed by atoms with E-state index in [9.17, 15) is 4.79 Å². The summed E-state index contributed by atoms with van der Waals surface area (Å²) in [5, 5.41) is 10.7. The van der Waals surface area contributed by atoms with Gasteiger partial charge in [0.25, 0.3) is 0 Å². The molecule has 0 bridgehead atoms. The molecular weight excluding hydrogens is 326 g/mol. The van der Waals surface area contributed by atoms with E-state index < -0.39 is 0 Å². The molecule has 0 spiro atoms. The van der Waals surface area contributed by atoms with Crippen LogP contribution in [0.4, 0.5) is 4.79 Å². The van der Waals surface area contributed by atoms with Crippen LogP contribution >= 0.6 is 11.3 Å². The van der Waals surface area contributed by atoms with Crippen molar-refractivity contribution >= 4 is 17.4 Å². The number of carbonyl (C=O) groups excluding carboxylic acids is 1. The van der Waals surface area contributed by atoms with Crippen molar-refractivity contribution in [3.05, 3.63) is 52.1 Å². The third-order valence-electron chi connectivity index (χ3n) is 3.35. The quantitative estimate of drug-likeness (QED) is 0.735. The molecule has 24 heavy (non-hydrogen) atoms. The Bertz CT molecular complexity index is 828. The van der Waals surface area contributed by atoms with Crippen LogP contribution in [0.25, 0.3) is 5.82 Å². The smallest absolute Gasteiger partial charge is 0.315 e. The molecule has 0 aliphatic carbocycles. The lowest BCUT2D eigenvalue weighted by molar-refractivity contribution is 0.240. The number of carbonyl (C=O) groups is 1. The third kappa shape index (κ3) is 3.74. The zero-order valence-electron chi connectivity index (χ0n) is 13.4. The molecule has 3 aromatic heterocycles. The first kappa shape index (κ1) is 16.1. The fourth-order valence-electron chi connectivity index (χ4n) is 2.23. The lowest BCUT2D eigenvalue weighted by atomic mass is 10.2. The average Bonchev–Trinajstić information content (AvgIpc) is 3.21. The van der Waals surface area contributed by atoms with Crippen LogP contribution in [0.3, 0.4) is 0 Å². The Morgan fingerprint density at radius 3 is 2.83 bits per heavy atom. The van der Waals surface area contributed by atoms with E-state index in [1.807, 2.05) is 26.0 Å². The number of hydrogen-bond donors (Lipinski definition) is 2. The number of thiazole rings is 1. The standard InChI is InChI=1S/C15H17N7OS/c1-10-13(24-11(2)21-10)7-19-15(23)18-6-12-4-3-5-17-14(12)22-9-16-8-20-22/h3-5,8-9H,6-7H2,1-2H3,(H2,18,19,23). The van der Waals surface area contributed by atoms with E-state index in [-0.39, 0.29) is 6.03 Å². The Hall–Kier alpha value is -2.81. The molecule has 8 nitrogen and oxygen atoms in total. The summed E-state index contributed by atoms with van der Waals surface area (Å²) in [5.41, 5.74) is 1.81. The molecule has 0 saturated carbocycles. The van der Waals surface area contributed by atoms with Crippen LogP contribution in [0.15, 0.2) is 31.0 Å². The first-order valence-electron chi connectivity index (χ1n) is 7.37. The summed E-state index contributed by atoms with van der Waals surface area (Å²) in [6.07, 6.45) is 4.69. The fraction of sp³-hybridized carbons (Fsp3) is 0.267. The van der Waals surface area contributed by atoms with Gasteiger partial charge in [-0.25, -0.2) is 24.4 Å². The van der Waals surface area contributed by atoms with Gasteiger partial charge < -0.3 is 10.6 Å². The zero-order valence-corrected chi connectivity index (χ0v) is 14.2. The van der Waals surface area contributed by atoms with Crippen LogP contribution in [-0.4, -0.2) is 30.8 Å². The number of amides is 2. The number of aryl methyl sites for hydroxylation is 2. The second-order valence-corrected chi connectivity index (χ2v) is 6.39. The molecule has 0 aromatic carbocycles. The van der Waals surface area contributed by atoms with Crippen LogP contribution in [-0.2, 0) is 13.1 Å². The topological polar surface area (TPSA) is 97.6 Å². The van der Waals surface area contributed by atoms with Crippen molar-refractivity contribution in [2.75, 3.05) is 0 Å².